The number of ketones is 1. The van der Waals surface area contributed by atoms with E-state index in [0.717, 1.165) is 6.42 Å². The van der Waals surface area contributed by atoms with Gasteiger partial charge in [-0.15, -0.1) is 0 Å². The third-order valence-electron chi connectivity index (χ3n) is 4.67. The van der Waals surface area contributed by atoms with E-state index in [1.165, 1.54) is 25.7 Å². The average molecular weight is 180 g/mol. The molecule has 0 bridgehead atoms. The summed E-state index contributed by atoms with van der Waals surface area (Å²) in [6.45, 7) is 6.50. The number of carbonyl (C=O) groups is 1. The van der Waals surface area contributed by atoms with Gasteiger partial charge in [-0.3, -0.25) is 4.79 Å². The summed E-state index contributed by atoms with van der Waals surface area (Å²) in [5, 5.41) is 0. The largest absolute Gasteiger partial charge is 0.298 e. The highest BCUT2D eigenvalue weighted by Gasteiger charge is 2.53. The highest BCUT2D eigenvalue weighted by atomic mass is 16.1. The second kappa shape index (κ2) is 2.59. The Hall–Kier alpha value is -0.330. The fourth-order valence-electron chi connectivity index (χ4n) is 2.96. The molecule has 1 heteroatoms. The monoisotopic (exact) mass is 180 g/mol. The van der Waals surface area contributed by atoms with Gasteiger partial charge in [-0.05, 0) is 31.6 Å². The second-order valence-corrected chi connectivity index (χ2v) is 5.62. The van der Waals surface area contributed by atoms with Gasteiger partial charge in [0.2, 0.25) is 0 Å². The third kappa shape index (κ3) is 1.09. The van der Waals surface area contributed by atoms with Crippen molar-refractivity contribution in [3.63, 3.8) is 0 Å². The Bertz CT molecular complexity index is 232. The molecule has 2 aliphatic rings. The van der Waals surface area contributed by atoms with E-state index in [9.17, 15) is 4.79 Å². The van der Waals surface area contributed by atoms with Crippen molar-refractivity contribution in [2.45, 2.75) is 52.9 Å². The average Bonchev–Trinajstić information content (AvgIpc) is 1.99. The lowest BCUT2D eigenvalue weighted by Gasteiger charge is -2.51. The zero-order valence-corrected chi connectivity index (χ0v) is 9.02. The van der Waals surface area contributed by atoms with Gasteiger partial charge in [0.1, 0.15) is 5.78 Å². The topological polar surface area (TPSA) is 17.1 Å². The molecule has 1 atom stereocenters. The van der Waals surface area contributed by atoms with Crippen molar-refractivity contribution in [3.8, 4) is 0 Å². The van der Waals surface area contributed by atoms with Gasteiger partial charge in [0.25, 0.3) is 0 Å². The van der Waals surface area contributed by atoms with Gasteiger partial charge >= 0.3 is 0 Å². The lowest BCUT2D eigenvalue weighted by molar-refractivity contribution is -0.152. The first-order chi connectivity index (χ1) is 5.99. The van der Waals surface area contributed by atoms with Crippen LogP contribution in [0.3, 0.4) is 0 Å². The first-order valence-electron chi connectivity index (χ1n) is 5.54. The maximum atomic E-state index is 12.3. The van der Waals surface area contributed by atoms with E-state index >= 15 is 0 Å². The predicted molar refractivity (Wildman–Crippen MR) is 53.5 cm³/mol. The molecular weight excluding hydrogens is 160 g/mol. The van der Waals surface area contributed by atoms with Gasteiger partial charge in [0.15, 0.2) is 0 Å². The fraction of sp³-hybridized carbons (Fsp3) is 0.917. The molecule has 1 unspecified atom stereocenters. The molecule has 0 amide bonds. The maximum absolute atomic E-state index is 12.3. The van der Waals surface area contributed by atoms with Crippen molar-refractivity contribution in [3.05, 3.63) is 0 Å². The standard InChI is InChI=1S/C12H20O/c1-9-5-8-12(6-4-7-12)10(13)11(9,2)3/h9H,4-8H2,1-3H3. The number of Topliss-reactive ketones (excluding diaryl/α,β-unsaturated/α-hetero) is 1. The van der Waals surface area contributed by atoms with Gasteiger partial charge in [0, 0.05) is 10.8 Å². The van der Waals surface area contributed by atoms with Crippen LogP contribution in [0.5, 0.6) is 0 Å². The molecule has 2 fully saturated rings. The van der Waals surface area contributed by atoms with E-state index in [2.05, 4.69) is 20.8 Å². The van der Waals surface area contributed by atoms with Crippen LogP contribution in [0.25, 0.3) is 0 Å². The summed E-state index contributed by atoms with van der Waals surface area (Å²) in [4.78, 5) is 12.3. The van der Waals surface area contributed by atoms with E-state index in [4.69, 9.17) is 0 Å². The molecule has 2 aliphatic carbocycles. The van der Waals surface area contributed by atoms with E-state index in [0.29, 0.717) is 11.7 Å². The lowest BCUT2D eigenvalue weighted by atomic mass is 9.51. The molecule has 0 aromatic heterocycles. The molecule has 74 valence electrons. The molecular formula is C12H20O. The Labute approximate surface area is 80.9 Å². The van der Waals surface area contributed by atoms with Crippen molar-refractivity contribution in [2.24, 2.45) is 16.7 Å². The number of hydrogen-bond donors (Lipinski definition) is 0. The Morgan fingerprint density at radius 1 is 1.23 bits per heavy atom. The van der Waals surface area contributed by atoms with Gasteiger partial charge in [-0.2, -0.15) is 0 Å². The summed E-state index contributed by atoms with van der Waals surface area (Å²) >= 11 is 0. The smallest absolute Gasteiger partial charge is 0.144 e. The van der Waals surface area contributed by atoms with Crippen molar-refractivity contribution in [1.29, 1.82) is 0 Å². The summed E-state index contributed by atoms with van der Waals surface area (Å²) < 4.78 is 0. The summed E-state index contributed by atoms with van der Waals surface area (Å²) in [6.07, 6.45) is 6.02. The van der Waals surface area contributed by atoms with Crippen LogP contribution in [0, 0.1) is 16.7 Å². The Morgan fingerprint density at radius 2 is 1.85 bits per heavy atom. The van der Waals surface area contributed by atoms with Crippen LogP contribution >= 0.6 is 0 Å². The van der Waals surface area contributed by atoms with Gasteiger partial charge in [-0.1, -0.05) is 27.2 Å². The predicted octanol–water partition coefficient (Wildman–Crippen LogP) is 3.18. The summed E-state index contributed by atoms with van der Waals surface area (Å²) in [7, 11) is 0. The molecule has 0 radical (unpaired) electrons. The number of hydrogen-bond acceptors (Lipinski definition) is 1. The van der Waals surface area contributed by atoms with Crippen molar-refractivity contribution < 1.29 is 4.79 Å². The molecule has 0 aliphatic heterocycles. The van der Waals surface area contributed by atoms with E-state index in [-0.39, 0.29) is 10.8 Å². The number of carbonyl (C=O) groups excluding carboxylic acids is 1. The molecule has 2 rings (SSSR count). The van der Waals surface area contributed by atoms with E-state index < -0.39 is 0 Å². The molecule has 1 spiro atoms. The van der Waals surface area contributed by atoms with Crippen LogP contribution in [0.15, 0.2) is 0 Å². The molecule has 0 N–H and O–H groups in total. The SMILES string of the molecule is CC1CCC2(CCC2)C(=O)C1(C)C. The molecule has 2 saturated carbocycles. The highest BCUT2D eigenvalue weighted by molar-refractivity contribution is 5.91. The van der Waals surface area contributed by atoms with Gasteiger partial charge in [0.05, 0.1) is 0 Å². The van der Waals surface area contributed by atoms with Crippen LogP contribution in [0.1, 0.15) is 52.9 Å². The first-order valence-corrected chi connectivity index (χ1v) is 5.54. The molecule has 0 saturated heterocycles. The molecule has 1 nitrogen and oxygen atoms in total. The molecule has 13 heavy (non-hydrogen) atoms. The summed E-state index contributed by atoms with van der Waals surface area (Å²) in [5.74, 6) is 1.14. The molecule has 0 aromatic carbocycles. The minimum atomic E-state index is -0.0569. The Balaban J connectivity index is 2.25. The lowest BCUT2D eigenvalue weighted by Crippen LogP contribution is -2.51. The summed E-state index contributed by atoms with van der Waals surface area (Å²) in [6, 6.07) is 0. The van der Waals surface area contributed by atoms with Crippen molar-refractivity contribution >= 4 is 5.78 Å². The van der Waals surface area contributed by atoms with Crippen molar-refractivity contribution in [1.82, 2.24) is 0 Å². The maximum Gasteiger partial charge on any atom is 0.144 e. The zero-order valence-electron chi connectivity index (χ0n) is 9.02. The van der Waals surface area contributed by atoms with Crippen LogP contribution in [0.4, 0.5) is 0 Å². The first kappa shape index (κ1) is 9.23. The quantitative estimate of drug-likeness (QED) is 0.559. The fourth-order valence-corrected chi connectivity index (χ4v) is 2.96. The molecule has 0 heterocycles. The van der Waals surface area contributed by atoms with Gasteiger partial charge < -0.3 is 0 Å². The van der Waals surface area contributed by atoms with Crippen LogP contribution in [-0.4, -0.2) is 5.78 Å². The van der Waals surface area contributed by atoms with E-state index in [1.807, 2.05) is 0 Å². The second-order valence-electron chi connectivity index (χ2n) is 5.62. The highest BCUT2D eigenvalue weighted by Crippen LogP contribution is 2.55. The minimum Gasteiger partial charge on any atom is -0.298 e. The van der Waals surface area contributed by atoms with E-state index in [1.54, 1.807) is 0 Å². The minimum absolute atomic E-state index is 0.0569. The normalized spacial score (nSPS) is 35.9. The zero-order chi connectivity index (χ0) is 9.69. The third-order valence-corrected chi connectivity index (χ3v) is 4.67. The van der Waals surface area contributed by atoms with Crippen LogP contribution < -0.4 is 0 Å². The summed E-state index contributed by atoms with van der Waals surface area (Å²) in [5.41, 5.74) is 0.0781. The Morgan fingerprint density at radius 3 is 2.31 bits per heavy atom. The Kier molecular flexibility index (Phi) is 1.84. The van der Waals surface area contributed by atoms with Crippen molar-refractivity contribution in [2.75, 3.05) is 0 Å². The van der Waals surface area contributed by atoms with Gasteiger partial charge in [-0.25, -0.2) is 0 Å². The van der Waals surface area contributed by atoms with Crippen LogP contribution in [-0.2, 0) is 4.79 Å². The van der Waals surface area contributed by atoms with Crippen LogP contribution in [0.2, 0.25) is 0 Å². The molecule has 0 aromatic rings. The number of rotatable bonds is 0.